The lowest BCUT2D eigenvalue weighted by Crippen LogP contribution is -2.58. The van der Waals surface area contributed by atoms with Crippen molar-refractivity contribution in [3.63, 3.8) is 0 Å². The van der Waals surface area contributed by atoms with Crippen LogP contribution in [0.5, 0.6) is 0 Å². The number of nitrogens with zero attached hydrogens (tertiary/aromatic N) is 3. The highest BCUT2D eigenvalue weighted by Gasteiger charge is 2.55. The number of likely N-dealkylation sites (N-methyl/N-ethyl adjacent to an activating group) is 1. The van der Waals surface area contributed by atoms with Crippen molar-refractivity contribution in [2.75, 3.05) is 13.7 Å². The molecule has 0 radical (unpaired) electrons. The highest BCUT2D eigenvalue weighted by Crippen LogP contribution is 2.51. The lowest BCUT2D eigenvalue weighted by molar-refractivity contribution is -0.225. The molecular formula is C24H31F2N3O4. The number of aromatic nitrogens is 2. The first-order valence-corrected chi connectivity index (χ1v) is 11.3. The number of hydrogen-bond acceptors (Lipinski definition) is 5. The zero-order valence-corrected chi connectivity index (χ0v) is 18.9. The summed E-state index contributed by atoms with van der Waals surface area (Å²) < 4.78 is 32.8. The first-order chi connectivity index (χ1) is 15.7. The van der Waals surface area contributed by atoms with E-state index in [9.17, 15) is 23.8 Å². The molecule has 4 rings (SSSR count). The van der Waals surface area contributed by atoms with Gasteiger partial charge in [-0.1, -0.05) is 30.3 Å². The fraction of sp³-hybridized carbons (Fsp3) is 0.583. The maximum atomic E-state index is 13.0. The molecule has 180 valence electrons. The molecule has 2 saturated heterocycles. The largest absolute Gasteiger partial charge is 0.396 e. The van der Waals surface area contributed by atoms with Crippen LogP contribution >= 0.6 is 0 Å². The van der Waals surface area contributed by atoms with Gasteiger partial charge in [-0.2, -0.15) is 13.9 Å². The molecular weight excluding hydrogens is 432 g/mol. The molecule has 5 atom stereocenters. The highest BCUT2D eigenvalue weighted by atomic mass is 19.3. The first kappa shape index (κ1) is 23.8. The second-order valence-electron chi connectivity index (χ2n) is 9.51. The van der Waals surface area contributed by atoms with Crippen LogP contribution in [0.25, 0.3) is 0 Å². The highest BCUT2D eigenvalue weighted by molar-refractivity contribution is 5.92. The Labute approximate surface area is 192 Å². The van der Waals surface area contributed by atoms with E-state index < -0.39 is 35.8 Å². The fourth-order valence-corrected chi connectivity index (χ4v) is 5.64. The van der Waals surface area contributed by atoms with Gasteiger partial charge in [-0.25, -0.2) is 4.68 Å². The van der Waals surface area contributed by atoms with Crippen LogP contribution in [0.1, 0.15) is 67.5 Å². The van der Waals surface area contributed by atoms with Gasteiger partial charge in [-0.05, 0) is 56.6 Å². The molecule has 2 aliphatic heterocycles. The molecule has 0 spiro atoms. The third-order valence-corrected chi connectivity index (χ3v) is 7.29. The van der Waals surface area contributed by atoms with Crippen molar-refractivity contribution in [2.45, 2.75) is 74.8 Å². The predicted octanol–water partition coefficient (Wildman–Crippen LogP) is 3.35. The summed E-state index contributed by atoms with van der Waals surface area (Å²) >= 11 is 0. The van der Waals surface area contributed by atoms with E-state index in [1.54, 1.807) is 7.05 Å². The number of carbonyl (C=O) groups excluding carboxylic acids is 1. The summed E-state index contributed by atoms with van der Waals surface area (Å²) in [5, 5.41) is 25.0. The normalized spacial score (nSPS) is 31.9. The zero-order chi connectivity index (χ0) is 23.8. The number of benzene rings is 1. The van der Waals surface area contributed by atoms with Crippen molar-refractivity contribution in [1.29, 1.82) is 0 Å². The minimum Gasteiger partial charge on any atom is -0.396 e. The van der Waals surface area contributed by atoms with Crippen LogP contribution in [0.3, 0.4) is 0 Å². The molecule has 9 heteroatoms. The average Bonchev–Trinajstić information content (AvgIpc) is 3.27. The quantitative estimate of drug-likeness (QED) is 0.686. The number of halogens is 2. The van der Waals surface area contributed by atoms with E-state index in [0.717, 1.165) is 11.8 Å². The predicted molar refractivity (Wildman–Crippen MR) is 117 cm³/mol. The van der Waals surface area contributed by atoms with Crippen LogP contribution in [0, 0.1) is 0 Å². The first-order valence-electron chi connectivity index (χ1n) is 11.3. The number of aliphatic hydroxyl groups is 2. The van der Waals surface area contributed by atoms with E-state index >= 15 is 0 Å². The van der Waals surface area contributed by atoms with Crippen molar-refractivity contribution in [3.05, 3.63) is 53.9 Å². The Hall–Kier alpha value is -2.36. The van der Waals surface area contributed by atoms with E-state index in [-0.39, 0.29) is 18.2 Å². The van der Waals surface area contributed by atoms with Gasteiger partial charge >= 0.3 is 6.55 Å². The van der Waals surface area contributed by atoms with Gasteiger partial charge in [-0.3, -0.25) is 4.79 Å². The third-order valence-electron chi connectivity index (χ3n) is 7.29. The Kier molecular flexibility index (Phi) is 6.57. The summed E-state index contributed by atoms with van der Waals surface area (Å²) in [4.78, 5) is 14.4. The maximum Gasteiger partial charge on any atom is 0.333 e. The van der Waals surface area contributed by atoms with Crippen LogP contribution in [-0.4, -0.2) is 67.8 Å². The standard InChI is InChI=1S/C24H31F2N3O4/c1-23-14-17(16-6-4-3-5-7-16)15-24(33-23,11-13-30)10-8-19(20(23)31)28(2)21(32)18-9-12-29(27-18)22(25)26/h3-7,9,12,17,19-20,22,30-31H,8,10-11,13-15H2,1-2H3/t17-,19+,20-,23+,24-/m1/s1. The van der Waals surface area contributed by atoms with E-state index in [1.807, 2.05) is 25.1 Å². The summed E-state index contributed by atoms with van der Waals surface area (Å²) in [6.07, 6.45) is 2.77. The minimum absolute atomic E-state index is 0.0435. The van der Waals surface area contributed by atoms with Gasteiger partial charge < -0.3 is 19.8 Å². The van der Waals surface area contributed by atoms with Gasteiger partial charge in [0, 0.05) is 19.9 Å². The van der Waals surface area contributed by atoms with Crippen molar-refractivity contribution < 1.29 is 28.5 Å². The molecule has 1 aromatic carbocycles. The number of amides is 1. The smallest absolute Gasteiger partial charge is 0.333 e. The van der Waals surface area contributed by atoms with Crippen molar-refractivity contribution in [1.82, 2.24) is 14.7 Å². The Morgan fingerprint density at radius 2 is 2.03 bits per heavy atom. The molecule has 33 heavy (non-hydrogen) atoms. The lowest BCUT2D eigenvalue weighted by atomic mass is 9.73. The zero-order valence-electron chi connectivity index (χ0n) is 18.9. The molecule has 7 nitrogen and oxygen atoms in total. The maximum absolute atomic E-state index is 13.0. The van der Waals surface area contributed by atoms with Gasteiger partial charge in [0.15, 0.2) is 5.69 Å². The number of alkyl halides is 2. The molecule has 3 heterocycles. The summed E-state index contributed by atoms with van der Waals surface area (Å²) in [5.74, 6) is -0.401. The van der Waals surface area contributed by atoms with Crippen LogP contribution in [-0.2, 0) is 4.74 Å². The number of carbonyl (C=O) groups is 1. The number of fused-ring (bicyclic) bond motifs is 2. The number of ether oxygens (including phenoxy) is 1. The van der Waals surface area contributed by atoms with Crippen LogP contribution < -0.4 is 0 Å². The average molecular weight is 464 g/mol. The van der Waals surface area contributed by atoms with E-state index in [2.05, 4.69) is 17.2 Å². The minimum atomic E-state index is -2.83. The summed E-state index contributed by atoms with van der Waals surface area (Å²) in [7, 11) is 1.56. The molecule has 0 saturated carbocycles. The lowest BCUT2D eigenvalue weighted by Gasteiger charge is -2.50. The Morgan fingerprint density at radius 1 is 1.30 bits per heavy atom. The topological polar surface area (TPSA) is 87.8 Å². The molecule has 2 fully saturated rings. The molecule has 2 aliphatic rings. The van der Waals surface area contributed by atoms with E-state index in [4.69, 9.17) is 4.74 Å². The molecule has 1 aromatic heterocycles. The summed E-state index contributed by atoms with van der Waals surface area (Å²) in [6, 6.07) is 10.7. The SMILES string of the molecule is CN(C(=O)c1ccn(C(F)F)n1)[C@H]1CC[C@@]2(CCO)C[C@H](c3ccccc3)C[C@](C)(O2)[C@@H]1O. The second-order valence-corrected chi connectivity index (χ2v) is 9.51. The number of hydrogen-bond donors (Lipinski definition) is 2. The fourth-order valence-electron chi connectivity index (χ4n) is 5.64. The van der Waals surface area contributed by atoms with Crippen molar-refractivity contribution in [3.8, 4) is 0 Å². The Bertz CT molecular complexity index is 972. The van der Waals surface area contributed by atoms with Gasteiger partial charge in [0.1, 0.15) is 6.10 Å². The van der Waals surface area contributed by atoms with Gasteiger partial charge in [0.25, 0.3) is 5.91 Å². The van der Waals surface area contributed by atoms with E-state index in [0.29, 0.717) is 36.8 Å². The molecule has 2 aromatic rings. The van der Waals surface area contributed by atoms with Crippen LogP contribution in [0.2, 0.25) is 0 Å². The second kappa shape index (κ2) is 9.12. The molecule has 2 N–H and O–H groups in total. The molecule has 0 unspecified atom stereocenters. The number of rotatable bonds is 6. The van der Waals surface area contributed by atoms with Gasteiger partial charge in [0.05, 0.1) is 17.2 Å². The van der Waals surface area contributed by atoms with Crippen LogP contribution in [0.15, 0.2) is 42.6 Å². The third kappa shape index (κ3) is 4.54. The Morgan fingerprint density at radius 3 is 2.67 bits per heavy atom. The molecule has 1 amide bonds. The summed E-state index contributed by atoms with van der Waals surface area (Å²) in [5.41, 5.74) is -0.525. The van der Waals surface area contributed by atoms with Gasteiger partial charge in [-0.15, -0.1) is 0 Å². The van der Waals surface area contributed by atoms with Crippen molar-refractivity contribution >= 4 is 5.91 Å². The van der Waals surface area contributed by atoms with Crippen LogP contribution in [0.4, 0.5) is 8.78 Å². The van der Waals surface area contributed by atoms with E-state index in [1.165, 1.54) is 11.0 Å². The molecule has 0 aliphatic carbocycles. The van der Waals surface area contributed by atoms with Crippen molar-refractivity contribution in [2.24, 2.45) is 0 Å². The Balaban J connectivity index is 1.63. The molecule has 2 bridgehead atoms. The number of aliphatic hydroxyl groups excluding tert-OH is 2. The van der Waals surface area contributed by atoms with Gasteiger partial charge in [0.2, 0.25) is 0 Å². The summed E-state index contributed by atoms with van der Waals surface area (Å²) in [6.45, 7) is -1.01. The monoisotopic (exact) mass is 463 g/mol.